The van der Waals surface area contributed by atoms with Crippen molar-refractivity contribution in [2.24, 2.45) is 5.14 Å². The number of fused-ring (bicyclic) bond motifs is 1. The molecule has 1 atom stereocenters. The minimum Gasteiger partial charge on any atom is -0.454 e. The zero-order valence-corrected chi connectivity index (χ0v) is 21.7. The molecule has 10 nitrogen and oxygen atoms in total. The van der Waals surface area contributed by atoms with Crippen molar-refractivity contribution in [3.63, 3.8) is 0 Å². The summed E-state index contributed by atoms with van der Waals surface area (Å²) in [5.74, 6) is -3.14. The molecule has 38 heavy (non-hydrogen) atoms. The number of primary sulfonamides is 1. The van der Waals surface area contributed by atoms with E-state index in [9.17, 15) is 27.6 Å². The molecule has 0 unspecified atom stereocenters. The Morgan fingerprint density at radius 3 is 1.97 bits per heavy atom. The Hall–Kier alpha value is -3.77. The van der Waals surface area contributed by atoms with E-state index in [2.05, 4.69) is 5.32 Å². The van der Waals surface area contributed by atoms with Gasteiger partial charge in [-0.2, -0.15) is 0 Å². The van der Waals surface area contributed by atoms with E-state index in [4.69, 9.17) is 33.1 Å². The maximum atomic E-state index is 13.1. The molecule has 1 aliphatic rings. The molecule has 0 spiro atoms. The number of sulfonamides is 1. The number of amides is 3. The van der Waals surface area contributed by atoms with Crippen LogP contribution in [0, 0.1) is 0 Å². The Morgan fingerprint density at radius 1 is 0.921 bits per heavy atom. The average molecular weight is 576 g/mol. The number of nitrogens with two attached hydrogens (primary N) is 1. The van der Waals surface area contributed by atoms with Crippen LogP contribution in [0.15, 0.2) is 71.6 Å². The lowest BCUT2D eigenvalue weighted by molar-refractivity contribution is -0.151. The first-order valence-electron chi connectivity index (χ1n) is 11.0. The number of imide groups is 1. The Balaban J connectivity index is 1.51. The summed E-state index contributed by atoms with van der Waals surface area (Å²) in [6.07, 6.45) is -0.0422. The summed E-state index contributed by atoms with van der Waals surface area (Å²) in [4.78, 5) is 52.2. The number of halogens is 2. The Bertz CT molecular complexity index is 1500. The van der Waals surface area contributed by atoms with Gasteiger partial charge in [0.25, 0.3) is 17.7 Å². The van der Waals surface area contributed by atoms with Gasteiger partial charge in [0.05, 0.1) is 31.8 Å². The summed E-state index contributed by atoms with van der Waals surface area (Å²) in [7, 11) is -4.10. The Kier molecular flexibility index (Phi) is 7.83. The van der Waals surface area contributed by atoms with Crippen LogP contribution in [0.4, 0.5) is 5.69 Å². The Labute approximate surface area is 227 Å². The number of carbonyl (C=O) groups excluding carboxylic acids is 4. The van der Waals surface area contributed by atoms with Crippen LogP contribution in [0.2, 0.25) is 10.0 Å². The fourth-order valence-corrected chi connectivity index (χ4v) is 5.13. The molecule has 1 heterocycles. The summed E-state index contributed by atoms with van der Waals surface area (Å²) in [5.41, 5.74) is 0.855. The van der Waals surface area contributed by atoms with Crippen molar-refractivity contribution in [2.45, 2.75) is 17.4 Å². The minimum atomic E-state index is -4.10. The first-order valence-corrected chi connectivity index (χ1v) is 13.3. The van der Waals surface area contributed by atoms with E-state index >= 15 is 0 Å². The van der Waals surface area contributed by atoms with Crippen molar-refractivity contribution in [3.05, 3.63) is 93.5 Å². The van der Waals surface area contributed by atoms with Gasteiger partial charge in [-0.15, -0.1) is 0 Å². The number of carbonyl (C=O) groups is 4. The van der Waals surface area contributed by atoms with E-state index in [1.807, 2.05) is 0 Å². The zero-order valence-electron chi connectivity index (χ0n) is 19.4. The van der Waals surface area contributed by atoms with Crippen molar-refractivity contribution in [2.75, 3.05) is 11.9 Å². The second-order valence-corrected chi connectivity index (χ2v) is 10.6. The molecule has 0 radical (unpaired) electrons. The quantitative estimate of drug-likeness (QED) is 0.309. The lowest BCUT2D eigenvalue weighted by atomic mass is 10.0. The topological polar surface area (TPSA) is 153 Å². The van der Waals surface area contributed by atoms with E-state index < -0.39 is 46.4 Å². The highest BCUT2D eigenvalue weighted by molar-refractivity contribution is 7.89. The van der Waals surface area contributed by atoms with E-state index in [0.717, 1.165) is 17.0 Å². The standard InChI is InChI=1S/C25H19Cl2N3O7S/c26-18-11-15(38(28,35)36)12-19(27)22(18)29-21(31)13-37-25(34)20(10-14-6-2-1-3-7-14)30-23(32)16-8-4-5-9-17(16)24(30)33/h1-9,11-12,20H,10,13H2,(H,29,31)(H2,28,35,36)/t20-/m0/s1. The normalized spacial score (nSPS) is 13.7. The van der Waals surface area contributed by atoms with E-state index in [-0.39, 0.29) is 38.2 Å². The molecule has 0 fully saturated rings. The number of ether oxygens (including phenoxy) is 1. The van der Waals surface area contributed by atoms with Crippen LogP contribution in [0.25, 0.3) is 0 Å². The van der Waals surface area contributed by atoms with Gasteiger partial charge in [-0.05, 0) is 29.8 Å². The lowest BCUT2D eigenvalue weighted by Crippen LogP contribution is -2.47. The smallest absolute Gasteiger partial charge is 0.330 e. The van der Waals surface area contributed by atoms with E-state index in [0.29, 0.717) is 5.56 Å². The van der Waals surface area contributed by atoms with Crippen LogP contribution in [0.5, 0.6) is 0 Å². The van der Waals surface area contributed by atoms with Crippen LogP contribution < -0.4 is 10.5 Å². The van der Waals surface area contributed by atoms with Gasteiger partial charge < -0.3 is 10.1 Å². The third kappa shape index (κ3) is 5.70. The highest BCUT2D eigenvalue weighted by Crippen LogP contribution is 2.33. The predicted octanol–water partition coefficient (Wildman–Crippen LogP) is 3.03. The molecule has 0 bridgehead atoms. The first kappa shape index (κ1) is 27.3. The molecule has 0 aliphatic carbocycles. The molecule has 3 aromatic rings. The summed E-state index contributed by atoms with van der Waals surface area (Å²) in [6.45, 7) is -0.809. The molecular weight excluding hydrogens is 557 g/mol. The van der Waals surface area contributed by atoms with Gasteiger partial charge in [-0.3, -0.25) is 19.3 Å². The summed E-state index contributed by atoms with van der Waals surface area (Å²) < 4.78 is 28.2. The molecule has 0 saturated carbocycles. The van der Waals surface area contributed by atoms with E-state index in [1.54, 1.807) is 42.5 Å². The van der Waals surface area contributed by atoms with Gasteiger partial charge in [0, 0.05) is 6.42 Å². The van der Waals surface area contributed by atoms with Crippen LogP contribution in [-0.4, -0.2) is 49.7 Å². The van der Waals surface area contributed by atoms with Gasteiger partial charge in [0.1, 0.15) is 6.04 Å². The minimum absolute atomic E-state index is 0.0422. The van der Waals surface area contributed by atoms with Crippen molar-refractivity contribution in [1.29, 1.82) is 0 Å². The van der Waals surface area contributed by atoms with E-state index in [1.165, 1.54) is 12.1 Å². The molecule has 0 saturated heterocycles. The third-order valence-electron chi connectivity index (χ3n) is 5.64. The van der Waals surface area contributed by atoms with Gasteiger partial charge in [-0.25, -0.2) is 18.4 Å². The number of nitrogens with one attached hydrogen (secondary N) is 1. The summed E-state index contributed by atoms with van der Waals surface area (Å²) in [5, 5.41) is 6.98. The molecule has 3 amide bonds. The second-order valence-electron chi connectivity index (χ2n) is 8.19. The third-order valence-corrected chi connectivity index (χ3v) is 7.12. The molecule has 196 valence electrons. The lowest BCUT2D eigenvalue weighted by Gasteiger charge is -2.24. The first-order chi connectivity index (χ1) is 18.0. The number of esters is 1. The number of benzene rings is 3. The van der Waals surface area contributed by atoms with Crippen LogP contribution in [-0.2, 0) is 30.8 Å². The van der Waals surface area contributed by atoms with Gasteiger partial charge in [0.2, 0.25) is 10.0 Å². The number of anilines is 1. The van der Waals surface area contributed by atoms with Crippen molar-refractivity contribution in [1.82, 2.24) is 4.90 Å². The maximum Gasteiger partial charge on any atom is 0.330 e. The number of nitrogens with zero attached hydrogens (tertiary/aromatic N) is 1. The zero-order chi connectivity index (χ0) is 27.6. The molecule has 4 rings (SSSR count). The highest BCUT2D eigenvalue weighted by atomic mass is 35.5. The van der Waals surface area contributed by atoms with Crippen LogP contribution in [0.1, 0.15) is 26.3 Å². The highest BCUT2D eigenvalue weighted by Gasteiger charge is 2.43. The van der Waals surface area contributed by atoms with Crippen molar-refractivity contribution < 1.29 is 32.3 Å². The average Bonchev–Trinajstić information content (AvgIpc) is 3.13. The fourth-order valence-electron chi connectivity index (χ4n) is 3.85. The summed E-state index contributed by atoms with van der Waals surface area (Å²) >= 11 is 12.1. The monoisotopic (exact) mass is 575 g/mol. The van der Waals surface area contributed by atoms with Crippen molar-refractivity contribution in [3.8, 4) is 0 Å². The SMILES string of the molecule is NS(=O)(=O)c1cc(Cl)c(NC(=O)COC(=O)[C@H](Cc2ccccc2)N2C(=O)c3ccccc3C2=O)c(Cl)c1. The molecule has 13 heteroatoms. The predicted molar refractivity (Wildman–Crippen MR) is 138 cm³/mol. The van der Waals surface area contributed by atoms with Crippen LogP contribution in [0.3, 0.4) is 0 Å². The molecule has 3 N–H and O–H groups in total. The number of hydrogen-bond acceptors (Lipinski definition) is 7. The number of rotatable bonds is 8. The molecule has 3 aromatic carbocycles. The fraction of sp³-hybridized carbons (Fsp3) is 0.120. The van der Waals surface area contributed by atoms with Gasteiger partial charge in [0.15, 0.2) is 6.61 Å². The van der Waals surface area contributed by atoms with Gasteiger partial charge >= 0.3 is 5.97 Å². The Morgan fingerprint density at radius 2 is 1.45 bits per heavy atom. The number of hydrogen-bond donors (Lipinski definition) is 2. The van der Waals surface area contributed by atoms with Gasteiger partial charge in [-0.1, -0.05) is 65.7 Å². The van der Waals surface area contributed by atoms with Crippen LogP contribution >= 0.6 is 23.2 Å². The second kappa shape index (κ2) is 10.9. The summed E-state index contributed by atoms with van der Waals surface area (Å²) in [6, 6.07) is 15.5. The largest absolute Gasteiger partial charge is 0.454 e. The van der Waals surface area contributed by atoms with Crippen molar-refractivity contribution >= 4 is 62.6 Å². The molecule has 0 aromatic heterocycles. The molecule has 1 aliphatic heterocycles. The maximum absolute atomic E-state index is 13.1. The molecular formula is C25H19Cl2N3O7S.